The summed E-state index contributed by atoms with van der Waals surface area (Å²) < 4.78 is 4.80. The van der Waals surface area contributed by atoms with Crippen molar-refractivity contribution in [3.05, 3.63) is 0 Å². The maximum atomic E-state index is 11.5. The highest BCUT2D eigenvalue weighted by Crippen LogP contribution is 2.00. The van der Waals surface area contributed by atoms with Crippen molar-refractivity contribution in [1.29, 1.82) is 0 Å². The van der Waals surface area contributed by atoms with Crippen molar-refractivity contribution >= 4 is 18.0 Å². The fraction of sp³-hybridized carbons (Fsp3) is 0.769. The summed E-state index contributed by atoms with van der Waals surface area (Å²) in [4.78, 5) is 33.6. The van der Waals surface area contributed by atoms with Crippen molar-refractivity contribution in [2.45, 2.75) is 52.0 Å². The van der Waals surface area contributed by atoms with Crippen LogP contribution in [0.25, 0.3) is 0 Å². The third-order valence-corrected chi connectivity index (χ3v) is 2.60. The molecule has 0 aliphatic heterocycles. The Bertz CT molecular complexity index is 320. The van der Waals surface area contributed by atoms with Gasteiger partial charge >= 0.3 is 12.1 Å². The van der Waals surface area contributed by atoms with Crippen molar-refractivity contribution in [1.82, 2.24) is 10.6 Å². The zero-order valence-corrected chi connectivity index (χ0v) is 12.1. The van der Waals surface area contributed by atoms with Gasteiger partial charge in [-0.25, -0.2) is 9.59 Å². The second-order valence-electron chi connectivity index (χ2n) is 4.44. The Morgan fingerprint density at radius 3 is 2.35 bits per heavy atom. The third-order valence-electron chi connectivity index (χ3n) is 2.60. The normalized spacial score (nSPS) is 11.5. The van der Waals surface area contributed by atoms with Gasteiger partial charge in [0.2, 0.25) is 5.91 Å². The van der Waals surface area contributed by atoms with E-state index in [-0.39, 0.29) is 6.54 Å². The lowest BCUT2D eigenvalue weighted by molar-refractivity contribution is -0.141. The van der Waals surface area contributed by atoms with E-state index in [0.29, 0.717) is 19.4 Å². The molecule has 0 saturated heterocycles. The smallest absolute Gasteiger partial charge is 0.407 e. The van der Waals surface area contributed by atoms with Gasteiger partial charge in [-0.15, -0.1) is 0 Å². The first-order valence-electron chi connectivity index (χ1n) is 6.94. The molecule has 0 bridgehead atoms. The minimum Gasteiger partial charge on any atom is -0.480 e. The van der Waals surface area contributed by atoms with Gasteiger partial charge in [0.05, 0.1) is 6.61 Å². The lowest BCUT2D eigenvalue weighted by Crippen LogP contribution is -2.45. The molecule has 20 heavy (non-hydrogen) atoms. The molecular weight excluding hydrogens is 264 g/mol. The Balaban J connectivity index is 3.95. The maximum absolute atomic E-state index is 11.5. The molecule has 3 N–H and O–H groups in total. The average Bonchev–Trinajstić information content (AvgIpc) is 2.41. The summed E-state index contributed by atoms with van der Waals surface area (Å²) in [6.45, 7) is 3.92. The van der Waals surface area contributed by atoms with E-state index in [9.17, 15) is 14.4 Å². The van der Waals surface area contributed by atoms with Crippen LogP contribution >= 0.6 is 0 Å². The summed E-state index contributed by atoms with van der Waals surface area (Å²) in [6, 6.07) is -0.916. The molecular formula is C13H24N2O5. The van der Waals surface area contributed by atoms with Crippen LogP contribution in [0.1, 0.15) is 46.0 Å². The van der Waals surface area contributed by atoms with Crippen LogP contribution in [0.4, 0.5) is 4.79 Å². The van der Waals surface area contributed by atoms with Gasteiger partial charge in [-0.05, 0) is 12.8 Å². The number of amides is 2. The van der Waals surface area contributed by atoms with Crippen LogP contribution in [-0.4, -0.2) is 42.3 Å². The summed E-state index contributed by atoms with van der Waals surface area (Å²) in [5, 5.41) is 13.6. The largest absolute Gasteiger partial charge is 0.480 e. The second kappa shape index (κ2) is 11.1. The van der Waals surface area contributed by atoms with E-state index in [1.807, 2.05) is 13.8 Å². The van der Waals surface area contributed by atoms with E-state index in [1.54, 1.807) is 0 Å². The number of ether oxygens (including phenoxy) is 1. The van der Waals surface area contributed by atoms with E-state index < -0.39 is 24.0 Å². The van der Waals surface area contributed by atoms with Gasteiger partial charge < -0.3 is 20.5 Å². The van der Waals surface area contributed by atoms with Crippen LogP contribution < -0.4 is 10.6 Å². The number of unbranched alkanes of at least 4 members (excludes halogenated alkanes) is 2. The summed E-state index contributed by atoms with van der Waals surface area (Å²) in [6.07, 6.45) is 2.93. The average molecular weight is 288 g/mol. The van der Waals surface area contributed by atoms with Crippen molar-refractivity contribution in [2.75, 3.05) is 13.2 Å². The summed E-state index contributed by atoms with van der Waals surface area (Å²) in [5.74, 6) is -1.61. The Labute approximate surface area is 119 Å². The minimum absolute atomic E-state index is 0.291. The predicted octanol–water partition coefficient (Wildman–Crippen LogP) is 1.27. The van der Waals surface area contributed by atoms with Crippen molar-refractivity contribution in [2.24, 2.45) is 0 Å². The molecule has 7 nitrogen and oxygen atoms in total. The summed E-state index contributed by atoms with van der Waals surface area (Å²) in [5.41, 5.74) is 0. The first-order chi connectivity index (χ1) is 9.51. The van der Waals surface area contributed by atoms with Gasteiger partial charge in [0.1, 0.15) is 12.6 Å². The zero-order chi connectivity index (χ0) is 15.4. The highest BCUT2D eigenvalue weighted by atomic mass is 16.5. The van der Waals surface area contributed by atoms with E-state index >= 15 is 0 Å². The highest BCUT2D eigenvalue weighted by molar-refractivity contribution is 5.86. The molecule has 0 aliphatic carbocycles. The van der Waals surface area contributed by atoms with Gasteiger partial charge in [-0.3, -0.25) is 4.79 Å². The lowest BCUT2D eigenvalue weighted by atomic mass is 10.1. The monoisotopic (exact) mass is 288 g/mol. The zero-order valence-electron chi connectivity index (χ0n) is 12.1. The molecule has 0 spiro atoms. The van der Waals surface area contributed by atoms with Crippen molar-refractivity contribution in [3.63, 3.8) is 0 Å². The van der Waals surface area contributed by atoms with Crippen LogP contribution in [0.15, 0.2) is 0 Å². The van der Waals surface area contributed by atoms with E-state index in [1.165, 1.54) is 0 Å². The molecule has 7 heteroatoms. The molecule has 0 aromatic rings. The Hall–Kier alpha value is -1.79. The molecule has 116 valence electrons. The summed E-state index contributed by atoms with van der Waals surface area (Å²) in [7, 11) is 0. The number of nitrogens with one attached hydrogen (secondary N) is 2. The number of aliphatic carboxylic acids is 1. The SMILES string of the molecule is CCCCOC(=O)NCC(=O)NC(CCCC)C(=O)O. The van der Waals surface area contributed by atoms with Crippen LogP contribution in [0.2, 0.25) is 0 Å². The standard InChI is InChI=1S/C13H24N2O5/c1-3-5-7-10(12(17)18)15-11(16)9-14-13(19)20-8-6-4-2/h10H,3-9H2,1-2H3,(H,14,19)(H,15,16)(H,17,18). The molecule has 0 aliphatic rings. The fourth-order valence-electron chi connectivity index (χ4n) is 1.42. The van der Waals surface area contributed by atoms with Crippen LogP contribution in [0.3, 0.4) is 0 Å². The molecule has 2 amide bonds. The first-order valence-corrected chi connectivity index (χ1v) is 6.94. The Kier molecular flexibility index (Phi) is 10.1. The number of hydrogen-bond acceptors (Lipinski definition) is 4. The number of hydrogen-bond donors (Lipinski definition) is 3. The number of rotatable bonds is 10. The van der Waals surface area contributed by atoms with E-state index in [4.69, 9.17) is 9.84 Å². The highest BCUT2D eigenvalue weighted by Gasteiger charge is 2.19. The molecule has 0 fully saturated rings. The molecule has 0 aromatic carbocycles. The molecule has 1 atom stereocenters. The van der Waals surface area contributed by atoms with E-state index in [0.717, 1.165) is 19.3 Å². The molecule has 0 saturated carbocycles. The first kappa shape index (κ1) is 18.2. The second-order valence-corrected chi connectivity index (χ2v) is 4.44. The molecule has 1 unspecified atom stereocenters. The van der Waals surface area contributed by atoms with Crippen LogP contribution in [0, 0.1) is 0 Å². The van der Waals surface area contributed by atoms with Crippen molar-refractivity contribution in [3.8, 4) is 0 Å². The van der Waals surface area contributed by atoms with Gasteiger partial charge in [0, 0.05) is 0 Å². The molecule has 0 aromatic heterocycles. The fourth-order valence-corrected chi connectivity index (χ4v) is 1.42. The molecule has 0 radical (unpaired) electrons. The van der Waals surface area contributed by atoms with Gasteiger partial charge in [-0.1, -0.05) is 33.1 Å². The lowest BCUT2D eigenvalue weighted by Gasteiger charge is -2.14. The van der Waals surface area contributed by atoms with E-state index in [2.05, 4.69) is 10.6 Å². The minimum atomic E-state index is -1.07. The molecule has 0 heterocycles. The third kappa shape index (κ3) is 9.18. The van der Waals surface area contributed by atoms with Gasteiger partial charge in [-0.2, -0.15) is 0 Å². The molecule has 0 rings (SSSR count). The maximum Gasteiger partial charge on any atom is 0.407 e. The summed E-state index contributed by atoms with van der Waals surface area (Å²) >= 11 is 0. The quantitative estimate of drug-likeness (QED) is 0.525. The van der Waals surface area contributed by atoms with Gasteiger partial charge in [0.15, 0.2) is 0 Å². The van der Waals surface area contributed by atoms with Crippen molar-refractivity contribution < 1.29 is 24.2 Å². The topological polar surface area (TPSA) is 105 Å². The number of carboxylic acid groups (broad SMARTS) is 1. The Morgan fingerprint density at radius 2 is 1.80 bits per heavy atom. The number of carboxylic acids is 1. The number of alkyl carbamates (subject to hydrolysis) is 1. The van der Waals surface area contributed by atoms with Crippen LogP contribution in [-0.2, 0) is 14.3 Å². The predicted molar refractivity (Wildman–Crippen MR) is 73.4 cm³/mol. The number of carbonyl (C=O) groups excluding carboxylic acids is 2. The Morgan fingerprint density at radius 1 is 1.15 bits per heavy atom. The van der Waals surface area contributed by atoms with Crippen LogP contribution in [0.5, 0.6) is 0 Å². The van der Waals surface area contributed by atoms with Gasteiger partial charge in [0.25, 0.3) is 0 Å². The number of carbonyl (C=O) groups is 3.